The molecular weight excluding hydrogens is 383 g/mol. The number of non-ortho nitro benzene ring substituents is 1. The minimum atomic E-state index is -0.415. The van der Waals surface area contributed by atoms with Crippen LogP contribution in [0.25, 0.3) is 0 Å². The molecule has 0 bridgehead atoms. The summed E-state index contributed by atoms with van der Waals surface area (Å²) in [6.45, 7) is 0. The number of rotatable bonds is 2. The first-order valence-corrected chi connectivity index (χ1v) is 8.95. The molecule has 0 amide bonds. The summed E-state index contributed by atoms with van der Waals surface area (Å²) >= 11 is 18.8. The summed E-state index contributed by atoms with van der Waals surface area (Å²) in [6.07, 6.45) is 5.07. The Labute approximate surface area is 159 Å². The molecule has 0 fully saturated rings. The first-order chi connectivity index (χ1) is 12.0. The molecule has 1 heterocycles. The number of hydrogen-bond acceptors (Lipinski definition) is 3. The highest BCUT2D eigenvalue weighted by Crippen LogP contribution is 2.53. The van der Waals surface area contributed by atoms with Gasteiger partial charge in [-0.15, -0.1) is 0 Å². The highest BCUT2D eigenvalue weighted by molar-refractivity contribution is 6.35. The summed E-state index contributed by atoms with van der Waals surface area (Å²) < 4.78 is 0. The molecule has 2 aromatic carbocycles. The maximum Gasteiger partial charge on any atom is 0.271 e. The van der Waals surface area contributed by atoms with Crippen LogP contribution < -0.4 is 5.32 Å². The predicted octanol–water partition coefficient (Wildman–Crippen LogP) is 6.38. The molecule has 4 rings (SSSR count). The van der Waals surface area contributed by atoms with E-state index >= 15 is 0 Å². The predicted molar refractivity (Wildman–Crippen MR) is 101 cm³/mol. The fourth-order valence-electron chi connectivity index (χ4n) is 3.81. The highest BCUT2D eigenvalue weighted by Gasteiger charge is 2.40. The molecule has 1 aliphatic carbocycles. The van der Waals surface area contributed by atoms with Crippen LogP contribution in [0.5, 0.6) is 0 Å². The molecule has 2 aromatic rings. The summed E-state index contributed by atoms with van der Waals surface area (Å²) in [6, 6.07) is 8.41. The number of nitrogens with zero attached hydrogens (tertiary/aromatic N) is 1. The summed E-state index contributed by atoms with van der Waals surface area (Å²) in [5, 5.41) is 16.2. The second-order valence-corrected chi connectivity index (χ2v) is 7.54. The maximum atomic E-state index is 11.2. The Morgan fingerprint density at radius 2 is 1.88 bits per heavy atom. The van der Waals surface area contributed by atoms with Crippen molar-refractivity contribution < 1.29 is 4.92 Å². The molecule has 7 heteroatoms. The zero-order valence-electron chi connectivity index (χ0n) is 12.9. The third kappa shape index (κ3) is 2.78. The van der Waals surface area contributed by atoms with Crippen molar-refractivity contribution >= 4 is 46.2 Å². The number of anilines is 1. The molecule has 0 saturated heterocycles. The van der Waals surface area contributed by atoms with Crippen LogP contribution in [0.4, 0.5) is 11.4 Å². The number of nitrogens with one attached hydrogen (secondary N) is 1. The SMILES string of the molecule is O=[N+]([O-])c1cc(Cl)c2c(c1)C1C=CCC1[C@@H](c1ccc(Cl)cc1Cl)N2. The Morgan fingerprint density at radius 3 is 2.60 bits per heavy atom. The smallest absolute Gasteiger partial charge is 0.271 e. The van der Waals surface area contributed by atoms with Crippen molar-refractivity contribution in [3.63, 3.8) is 0 Å². The third-order valence-electron chi connectivity index (χ3n) is 4.91. The molecule has 0 radical (unpaired) electrons. The fourth-order valence-corrected chi connectivity index (χ4v) is 4.61. The summed E-state index contributed by atoms with van der Waals surface area (Å²) in [5.74, 6) is 0.273. The van der Waals surface area contributed by atoms with Crippen LogP contribution in [0.1, 0.15) is 29.5 Å². The van der Waals surface area contributed by atoms with E-state index in [2.05, 4.69) is 17.5 Å². The van der Waals surface area contributed by atoms with Gasteiger partial charge in [-0.05, 0) is 35.6 Å². The van der Waals surface area contributed by atoms with Crippen molar-refractivity contribution in [2.45, 2.75) is 18.4 Å². The monoisotopic (exact) mass is 394 g/mol. The van der Waals surface area contributed by atoms with E-state index in [1.54, 1.807) is 12.1 Å². The minimum Gasteiger partial charge on any atom is -0.376 e. The van der Waals surface area contributed by atoms with Gasteiger partial charge in [-0.25, -0.2) is 0 Å². The average molecular weight is 396 g/mol. The quantitative estimate of drug-likeness (QED) is 0.364. The van der Waals surface area contributed by atoms with E-state index in [0.29, 0.717) is 15.1 Å². The highest BCUT2D eigenvalue weighted by atomic mass is 35.5. The van der Waals surface area contributed by atoms with E-state index in [1.165, 1.54) is 6.07 Å². The van der Waals surface area contributed by atoms with Gasteiger partial charge < -0.3 is 5.32 Å². The van der Waals surface area contributed by atoms with E-state index in [0.717, 1.165) is 23.2 Å². The molecule has 128 valence electrons. The number of nitro groups is 1. The molecular formula is C18H13Cl3N2O2. The molecule has 2 aliphatic rings. The Morgan fingerprint density at radius 1 is 1.08 bits per heavy atom. The van der Waals surface area contributed by atoms with Gasteiger partial charge in [-0.1, -0.05) is 53.0 Å². The van der Waals surface area contributed by atoms with Crippen LogP contribution in [0.3, 0.4) is 0 Å². The van der Waals surface area contributed by atoms with E-state index in [4.69, 9.17) is 34.8 Å². The van der Waals surface area contributed by atoms with Crippen molar-refractivity contribution in [2.24, 2.45) is 5.92 Å². The zero-order valence-corrected chi connectivity index (χ0v) is 15.1. The van der Waals surface area contributed by atoms with Gasteiger partial charge in [-0.2, -0.15) is 0 Å². The minimum absolute atomic E-state index is 0.00701. The van der Waals surface area contributed by atoms with Crippen LogP contribution >= 0.6 is 34.8 Å². The van der Waals surface area contributed by atoms with Gasteiger partial charge in [0.2, 0.25) is 0 Å². The Hall–Kier alpha value is -1.75. The number of allylic oxidation sites excluding steroid dienone is 2. The molecule has 1 N–H and O–H groups in total. The number of benzene rings is 2. The topological polar surface area (TPSA) is 55.2 Å². The zero-order chi connectivity index (χ0) is 17.7. The molecule has 0 saturated carbocycles. The summed E-state index contributed by atoms with van der Waals surface area (Å²) in [5.41, 5.74) is 2.55. The van der Waals surface area contributed by atoms with Crippen molar-refractivity contribution in [1.29, 1.82) is 0 Å². The van der Waals surface area contributed by atoms with Gasteiger partial charge in [-0.3, -0.25) is 10.1 Å². The second kappa shape index (κ2) is 6.20. The lowest BCUT2D eigenvalue weighted by atomic mass is 9.77. The fraction of sp³-hybridized carbons (Fsp3) is 0.222. The molecule has 3 atom stereocenters. The lowest BCUT2D eigenvalue weighted by Crippen LogP contribution is -2.29. The van der Waals surface area contributed by atoms with Gasteiger partial charge in [0.15, 0.2) is 0 Å². The van der Waals surface area contributed by atoms with E-state index in [-0.39, 0.29) is 23.6 Å². The number of hydrogen-bond donors (Lipinski definition) is 1. The second-order valence-electron chi connectivity index (χ2n) is 6.29. The van der Waals surface area contributed by atoms with Crippen molar-refractivity contribution in [3.05, 3.63) is 78.8 Å². The molecule has 4 nitrogen and oxygen atoms in total. The van der Waals surface area contributed by atoms with Crippen LogP contribution in [0, 0.1) is 16.0 Å². The number of nitro benzene ring substituents is 1. The molecule has 2 unspecified atom stereocenters. The van der Waals surface area contributed by atoms with E-state index < -0.39 is 4.92 Å². The Bertz CT molecular complexity index is 913. The summed E-state index contributed by atoms with van der Waals surface area (Å²) in [4.78, 5) is 10.8. The van der Waals surface area contributed by atoms with Crippen molar-refractivity contribution in [1.82, 2.24) is 0 Å². The van der Waals surface area contributed by atoms with Crippen LogP contribution in [0.2, 0.25) is 15.1 Å². The van der Waals surface area contributed by atoms with Crippen LogP contribution in [-0.2, 0) is 0 Å². The van der Waals surface area contributed by atoms with Crippen LogP contribution in [0.15, 0.2) is 42.5 Å². The Kier molecular flexibility index (Phi) is 4.14. The molecule has 1 aliphatic heterocycles. The summed E-state index contributed by atoms with van der Waals surface area (Å²) in [7, 11) is 0. The van der Waals surface area contributed by atoms with Gasteiger partial charge in [0, 0.05) is 28.1 Å². The Balaban J connectivity index is 1.84. The number of halogens is 3. The number of fused-ring (bicyclic) bond motifs is 3. The first-order valence-electron chi connectivity index (χ1n) is 7.81. The average Bonchev–Trinajstić information content (AvgIpc) is 3.04. The van der Waals surface area contributed by atoms with Gasteiger partial charge in [0.05, 0.1) is 21.7 Å². The standard InChI is InChI=1S/C18H13Cl3N2O2/c19-9-4-5-13(15(20)6-9)17-12-3-1-2-11(12)14-7-10(23(24)25)8-16(21)18(14)22-17/h1-2,4-8,11-12,17,22H,3H2/t11?,12?,17-/m0/s1. The van der Waals surface area contributed by atoms with E-state index in [1.807, 2.05) is 12.1 Å². The van der Waals surface area contributed by atoms with Gasteiger partial charge in [0.1, 0.15) is 0 Å². The van der Waals surface area contributed by atoms with Crippen LogP contribution in [-0.4, -0.2) is 4.92 Å². The lowest BCUT2D eigenvalue weighted by molar-refractivity contribution is -0.384. The normalized spacial score (nSPS) is 23.7. The van der Waals surface area contributed by atoms with Gasteiger partial charge in [0.25, 0.3) is 5.69 Å². The molecule has 25 heavy (non-hydrogen) atoms. The first kappa shape index (κ1) is 16.7. The van der Waals surface area contributed by atoms with Gasteiger partial charge >= 0.3 is 0 Å². The van der Waals surface area contributed by atoms with E-state index in [9.17, 15) is 10.1 Å². The largest absolute Gasteiger partial charge is 0.376 e. The molecule has 0 spiro atoms. The van der Waals surface area contributed by atoms with Crippen molar-refractivity contribution in [3.8, 4) is 0 Å². The maximum absolute atomic E-state index is 11.2. The van der Waals surface area contributed by atoms with Crippen molar-refractivity contribution in [2.75, 3.05) is 5.32 Å². The lowest BCUT2D eigenvalue weighted by Gasteiger charge is -2.38. The molecule has 0 aromatic heterocycles. The third-order valence-corrected chi connectivity index (χ3v) is 5.77.